The van der Waals surface area contributed by atoms with E-state index in [9.17, 15) is 0 Å². The van der Waals surface area contributed by atoms with Gasteiger partial charge in [0.2, 0.25) is 5.89 Å². The van der Waals surface area contributed by atoms with Crippen LogP contribution >= 0.6 is 0 Å². The minimum atomic E-state index is 0.505. The summed E-state index contributed by atoms with van der Waals surface area (Å²) in [5, 5.41) is 7.46. The van der Waals surface area contributed by atoms with Gasteiger partial charge in [0.05, 0.1) is 6.54 Å². The molecule has 0 saturated carbocycles. The van der Waals surface area contributed by atoms with Crippen molar-refractivity contribution in [1.82, 2.24) is 20.4 Å². The van der Waals surface area contributed by atoms with E-state index in [2.05, 4.69) is 34.2 Å². The molecule has 1 aliphatic rings. The maximum absolute atomic E-state index is 5.03. The number of nitrogens with one attached hydrogen (secondary N) is 1. The van der Waals surface area contributed by atoms with Crippen molar-refractivity contribution in [2.45, 2.75) is 46.2 Å². The van der Waals surface area contributed by atoms with E-state index in [-0.39, 0.29) is 0 Å². The predicted octanol–water partition coefficient (Wildman–Crippen LogP) is 1.59. The lowest BCUT2D eigenvalue weighted by Crippen LogP contribution is -2.41. The summed E-state index contributed by atoms with van der Waals surface area (Å²) in [5.41, 5.74) is 0. The number of hydrogen-bond donors (Lipinski definition) is 1. The van der Waals surface area contributed by atoms with Crippen LogP contribution in [0.4, 0.5) is 0 Å². The molecule has 1 unspecified atom stereocenters. The largest absolute Gasteiger partial charge is 0.340 e. The first-order chi connectivity index (χ1) is 8.65. The molecule has 1 fully saturated rings. The number of aryl methyl sites for hydroxylation is 1. The fraction of sp³-hybridized carbons (Fsp3) is 0.846. The summed E-state index contributed by atoms with van der Waals surface area (Å²) < 4.78 is 5.03. The fourth-order valence-corrected chi connectivity index (χ4v) is 2.46. The van der Waals surface area contributed by atoms with Gasteiger partial charge in [0.25, 0.3) is 0 Å². The Morgan fingerprint density at radius 3 is 2.89 bits per heavy atom. The van der Waals surface area contributed by atoms with Crippen LogP contribution in [0.2, 0.25) is 0 Å². The Morgan fingerprint density at radius 2 is 2.33 bits per heavy atom. The monoisotopic (exact) mass is 252 g/mol. The lowest BCUT2D eigenvalue weighted by Gasteiger charge is -2.31. The molecule has 102 valence electrons. The molecule has 0 bridgehead atoms. The van der Waals surface area contributed by atoms with Crippen LogP contribution < -0.4 is 5.32 Å². The normalized spacial score (nSPS) is 20.8. The van der Waals surface area contributed by atoms with Crippen molar-refractivity contribution in [3.63, 3.8) is 0 Å². The van der Waals surface area contributed by atoms with E-state index in [0.29, 0.717) is 11.9 Å². The molecule has 0 radical (unpaired) electrons. The SMILES string of the molecule is Cc1nc(CN(CC2CCCNC2)C(C)C)no1. The third-order valence-corrected chi connectivity index (χ3v) is 3.54. The maximum atomic E-state index is 5.03. The molecule has 2 rings (SSSR count). The van der Waals surface area contributed by atoms with E-state index in [0.717, 1.165) is 31.4 Å². The van der Waals surface area contributed by atoms with Crippen LogP contribution in [0.25, 0.3) is 0 Å². The van der Waals surface area contributed by atoms with Crippen LogP contribution in [0.3, 0.4) is 0 Å². The Bertz CT molecular complexity index is 358. The van der Waals surface area contributed by atoms with Crippen LogP contribution in [-0.2, 0) is 6.54 Å². The van der Waals surface area contributed by atoms with Crippen molar-refractivity contribution in [1.29, 1.82) is 0 Å². The van der Waals surface area contributed by atoms with E-state index in [1.807, 2.05) is 6.92 Å². The zero-order chi connectivity index (χ0) is 13.0. The third-order valence-electron chi connectivity index (χ3n) is 3.54. The average Bonchev–Trinajstić information content (AvgIpc) is 2.75. The molecule has 5 heteroatoms. The Hall–Kier alpha value is -0.940. The smallest absolute Gasteiger partial charge is 0.223 e. The maximum Gasteiger partial charge on any atom is 0.223 e. The highest BCUT2D eigenvalue weighted by Gasteiger charge is 2.20. The molecule has 0 spiro atoms. The molecule has 1 atom stereocenters. The van der Waals surface area contributed by atoms with Gasteiger partial charge in [-0.3, -0.25) is 4.90 Å². The highest BCUT2D eigenvalue weighted by atomic mass is 16.5. The molecular weight excluding hydrogens is 228 g/mol. The van der Waals surface area contributed by atoms with Crippen molar-refractivity contribution in [3.8, 4) is 0 Å². The molecule has 1 saturated heterocycles. The predicted molar refractivity (Wildman–Crippen MR) is 70.2 cm³/mol. The second-order valence-electron chi connectivity index (χ2n) is 5.47. The number of hydrogen-bond acceptors (Lipinski definition) is 5. The van der Waals surface area contributed by atoms with Crippen molar-refractivity contribution in [2.24, 2.45) is 5.92 Å². The van der Waals surface area contributed by atoms with E-state index in [1.54, 1.807) is 0 Å². The fourth-order valence-electron chi connectivity index (χ4n) is 2.46. The Kier molecular flexibility index (Phi) is 4.72. The summed E-state index contributed by atoms with van der Waals surface area (Å²) in [5.74, 6) is 2.19. The Balaban J connectivity index is 1.90. The Morgan fingerprint density at radius 1 is 1.50 bits per heavy atom. The van der Waals surface area contributed by atoms with Crippen molar-refractivity contribution < 1.29 is 4.52 Å². The first-order valence-electron chi connectivity index (χ1n) is 6.89. The van der Waals surface area contributed by atoms with Gasteiger partial charge in [0.15, 0.2) is 5.82 Å². The van der Waals surface area contributed by atoms with Crippen molar-refractivity contribution >= 4 is 0 Å². The minimum absolute atomic E-state index is 0.505. The van der Waals surface area contributed by atoms with Crippen molar-refractivity contribution in [3.05, 3.63) is 11.7 Å². The van der Waals surface area contributed by atoms with Gasteiger partial charge < -0.3 is 9.84 Å². The third kappa shape index (κ3) is 3.78. The van der Waals surface area contributed by atoms with Crippen LogP contribution in [0.15, 0.2) is 4.52 Å². The summed E-state index contributed by atoms with van der Waals surface area (Å²) in [6.07, 6.45) is 2.61. The molecule has 5 nitrogen and oxygen atoms in total. The molecule has 0 aliphatic carbocycles. The van der Waals surface area contributed by atoms with E-state index >= 15 is 0 Å². The van der Waals surface area contributed by atoms with Crippen LogP contribution in [0, 0.1) is 12.8 Å². The van der Waals surface area contributed by atoms with Gasteiger partial charge in [-0.15, -0.1) is 0 Å². The van der Waals surface area contributed by atoms with Crippen LogP contribution in [0.1, 0.15) is 38.4 Å². The van der Waals surface area contributed by atoms with Gasteiger partial charge in [0, 0.05) is 19.5 Å². The van der Waals surface area contributed by atoms with Crippen LogP contribution in [0.5, 0.6) is 0 Å². The van der Waals surface area contributed by atoms with Gasteiger partial charge in [-0.2, -0.15) is 4.98 Å². The zero-order valence-corrected chi connectivity index (χ0v) is 11.6. The van der Waals surface area contributed by atoms with Gasteiger partial charge in [-0.25, -0.2) is 0 Å². The summed E-state index contributed by atoms with van der Waals surface area (Å²) in [6.45, 7) is 10.5. The van der Waals surface area contributed by atoms with E-state index < -0.39 is 0 Å². The topological polar surface area (TPSA) is 54.2 Å². The zero-order valence-electron chi connectivity index (χ0n) is 11.6. The standard InChI is InChI=1S/C13H24N4O/c1-10(2)17(8-12-5-4-6-14-7-12)9-13-15-11(3)18-16-13/h10,12,14H,4-9H2,1-3H3. The second kappa shape index (κ2) is 6.29. The molecule has 18 heavy (non-hydrogen) atoms. The number of aromatic nitrogens is 2. The summed E-state index contributed by atoms with van der Waals surface area (Å²) in [4.78, 5) is 6.72. The first kappa shape index (κ1) is 13.5. The van der Waals surface area contributed by atoms with E-state index in [1.165, 1.54) is 19.4 Å². The van der Waals surface area contributed by atoms with Crippen molar-refractivity contribution in [2.75, 3.05) is 19.6 Å². The number of nitrogens with zero attached hydrogens (tertiary/aromatic N) is 3. The highest BCUT2D eigenvalue weighted by molar-refractivity contribution is 4.86. The molecule has 0 amide bonds. The molecular formula is C13H24N4O. The van der Waals surface area contributed by atoms with Gasteiger partial charge in [-0.05, 0) is 45.7 Å². The molecule has 1 aromatic heterocycles. The molecule has 2 heterocycles. The number of rotatable bonds is 5. The summed E-state index contributed by atoms with van der Waals surface area (Å²) in [6, 6.07) is 0.505. The van der Waals surface area contributed by atoms with Gasteiger partial charge in [0.1, 0.15) is 0 Å². The van der Waals surface area contributed by atoms with Gasteiger partial charge >= 0.3 is 0 Å². The molecule has 1 N–H and O–H groups in total. The number of piperidine rings is 1. The highest BCUT2D eigenvalue weighted by Crippen LogP contribution is 2.15. The average molecular weight is 252 g/mol. The molecule has 1 aromatic rings. The van der Waals surface area contributed by atoms with Crippen LogP contribution in [-0.4, -0.2) is 40.7 Å². The summed E-state index contributed by atoms with van der Waals surface area (Å²) in [7, 11) is 0. The quantitative estimate of drug-likeness (QED) is 0.862. The van der Waals surface area contributed by atoms with Gasteiger partial charge in [-0.1, -0.05) is 5.16 Å². The molecule has 1 aliphatic heterocycles. The second-order valence-corrected chi connectivity index (χ2v) is 5.47. The van der Waals surface area contributed by atoms with E-state index in [4.69, 9.17) is 4.52 Å². The summed E-state index contributed by atoms with van der Waals surface area (Å²) >= 11 is 0. The first-order valence-corrected chi connectivity index (χ1v) is 6.89. The Labute approximate surface area is 109 Å². The lowest BCUT2D eigenvalue weighted by atomic mass is 9.98. The minimum Gasteiger partial charge on any atom is -0.340 e. The lowest BCUT2D eigenvalue weighted by molar-refractivity contribution is 0.158. The molecule has 0 aromatic carbocycles.